The zero-order chi connectivity index (χ0) is 10.8. The van der Waals surface area contributed by atoms with E-state index in [2.05, 4.69) is 22.9 Å². The molecule has 2 N–H and O–H groups in total. The van der Waals surface area contributed by atoms with Crippen molar-refractivity contribution in [3.63, 3.8) is 0 Å². The molecule has 0 fully saturated rings. The smallest absolute Gasteiger partial charge is 0.124 e. The molecule has 0 spiro atoms. The number of rotatable bonds is 3. The number of halogens is 2. The van der Waals surface area contributed by atoms with Gasteiger partial charge in [-0.2, -0.15) is 0 Å². The lowest BCUT2D eigenvalue weighted by atomic mass is 9.91. The van der Waals surface area contributed by atoms with Crippen molar-refractivity contribution in [3.8, 4) is 0 Å². The summed E-state index contributed by atoms with van der Waals surface area (Å²) >= 11 is 3.33. The van der Waals surface area contributed by atoms with Crippen LogP contribution in [0.2, 0.25) is 0 Å². The highest BCUT2D eigenvalue weighted by Gasteiger charge is 2.17. The molecule has 0 heterocycles. The Labute approximate surface area is 92.6 Å². The summed E-state index contributed by atoms with van der Waals surface area (Å²) in [5.41, 5.74) is 6.87. The van der Waals surface area contributed by atoms with Gasteiger partial charge >= 0.3 is 0 Å². The van der Waals surface area contributed by atoms with Gasteiger partial charge in [-0.3, -0.25) is 0 Å². The second kappa shape index (κ2) is 4.41. The van der Waals surface area contributed by atoms with E-state index in [0.29, 0.717) is 0 Å². The molecule has 0 aliphatic rings. The highest BCUT2D eigenvalue weighted by Crippen LogP contribution is 2.22. The molecule has 1 atom stereocenters. The third-order valence-corrected chi connectivity index (χ3v) is 3.16. The highest BCUT2D eigenvalue weighted by molar-refractivity contribution is 9.10. The van der Waals surface area contributed by atoms with Gasteiger partial charge < -0.3 is 5.73 Å². The minimum atomic E-state index is -0.226. The molecule has 14 heavy (non-hydrogen) atoms. The Kier molecular flexibility index (Phi) is 3.67. The maximum absolute atomic E-state index is 12.8. The average molecular weight is 260 g/mol. The third-order valence-electron chi connectivity index (χ3n) is 2.42. The number of hydrogen-bond acceptors (Lipinski definition) is 1. The molecule has 0 bridgehead atoms. The standard InChI is InChI=1S/C11H15BrFN/c1-3-11(2,14)7-8-4-5-9(13)6-10(8)12/h4-6H,3,7,14H2,1-2H3. The van der Waals surface area contributed by atoms with Crippen molar-refractivity contribution < 1.29 is 4.39 Å². The number of benzene rings is 1. The molecule has 1 aromatic carbocycles. The molecule has 1 rings (SSSR count). The first-order chi connectivity index (χ1) is 6.44. The SMILES string of the molecule is CCC(C)(N)Cc1ccc(F)cc1Br. The second-order valence-corrected chi connectivity index (χ2v) is 4.77. The summed E-state index contributed by atoms with van der Waals surface area (Å²) in [6.07, 6.45) is 1.65. The molecule has 0 amide bonds. The molecular weight excluding hydrogens is 245 g/mol. The van der Waals surface area contributed by atoms with Gasteiger partial charge in [0.2, 0.25) is 0 Å². The van der Waals surface area contributed by atoms with Crippen molar-refractivity contribution in [2.45, 2.75) is 32.2 Å². The largest absolute Gasteiger partial charge is 0.325 e. The van der Waals surface area contributed by atoms with Crippen LogP contribution in [0.1, 0.15) is 25.8 Å². The van der Waals surface area contributed by atoms with Crippen LogP contribution in [0, 0.1) is 5.82 Å². The van der Waals surface area contributed by atoms with E-state index in [1.165, 1.54) is 12.1 Å². The topological polar surface area (TPSA) is 26.0 Å². The predicted molar refractivity (Wildman–Crippen MR) is 60.7 cm³/mol. The van der Waals surface area contributed by atoms with E-state index in [-0.39, 0.29) is 11.4 Å². The van der Waals surface area contributed by atoms with Crippen LogP contribution in [0.15, 0.2) is 22.7 Å². The van der Waals surface area contributed by atoms with Gasteiger partial charge in [-0.15, -0.1) is 0 Å². The zero-order valence-electron chi connectivity index (χ0n) is 8.48. The second-order valence-electron chi connectivity index (χ2n) is 3.92. The summed E-state index contributed by atoms with van der Waals surface area (Å²) in [6.45, 7) is 4.06. The maximum Gasteiger partial charge on any atom is 0.124 e. The lowest BCUT2D eigenvalue weighted by molar-refractivity contribution is 0.449. The fraction of sp³-hybridized carbons (Fsp3) is 0.455. The lowest BCUT2D eigenvalue weighted by Crippen LogP contribution is -2.37. The summed E-state index contributed by atoms with van der Waals surface area (Å²) in [6, 6.07) is 4.72. The molecule has 1 aromatic rings. The number of nitrogens with two attached hydrogens (primary N) is 1. The van der Waals surface area contributed by atoms with E-state index < -0.39 is 0 Å². The molecular formula is C11H15BrFN. The van der Waals surface area contributed by atoms with Gasteiger partial charge in [0.1, 0.15) is 5.82 Å². The fourth-order valence-electron chi connectivity index (χ4n) is 1.23. The van der Waals surface area contributed by atoms with Gasteiger partial charge in [-0.1, -0.05) is 28.9 Å². The Hall–Kier alpha value is -0.410. The van der Waals surface area contributed by atoms with E-state index in [9.17, 15) is 4.39 Å². The minimum absolute atomic E-state index is 0.222. The van der Waals surface area contributed by atoms with Crippen LogP contribution in [-0.4, -0.2) is 5.54 Å². The molecule has 0 radical (unpaired) electrons. The van der Waals surface area contributed by atoms with Crippen LogP contribution in [0.25, 0.3) is 0 Å². The van der Waals surface area contributed by atoms with Crippen molar-refractivity contribution in [1.29, 1.82) is 0 Å². The molecule has 0 aliphatic carbocycles. The summed E-state index contributed by atoms with van der Waals surface area (Å²) in [5.74, 6) is -0.226. The fourth-order valence-corrected chi connectivity index (χ4v) is 1.72. The first kappa shape index (κ1) is 11.7. The average Bonchev–Trinajstić information content (AvgIpc) is 2.10. The van der Waals surface area contributed by atoms with Gasteiger partial charge in [-0.25, -0.2) is 4.39 Å². The number of hydrogen-bond donors (Lipinski definition) is 1. The van der Waals surface area contributed by atoms with Crippen LogP contribution in [0.3, 0.4) is 0 Å². The summed E-state index contributed by atoms with van der Waals surface area (Å²) < 4.78 is 13.6. The van der Waals surface area contributed by atoms with Crippen molar-refractivity contribution >= 4 is 15.9 Å². The zero-order valence-corrected chi connectivity index (χ0v) is 10.1. The molecule has 0 aromatic heterocycles. The molecule has 3 heteroatoms. The monoisotopic (exact) mass is 259 g/mol. The van der Waals surface area contributed by atoms with E-state index in [1.54, 1.807) is 6.07 Å². The van der Waals surface area contributed by atoms with Gasteiger partial charge in [0.15, 0.2) is 0 Å². The van der Waals surface area contributed by atoms with Gasteiger partial charge in [0.25, 0.3) is 0 Å². The van der Waals surface area contributed by atoms with E-state index in [4.69, 9.17) is 5.73 Å². The first-order valence-electron chi connectivity index (χ1n) is 4.67. The Morgan fingerprint density at radius 2 is 2.14 bits per heavy atom. The van der Waals surface area contributed by atoms with Gasteiger partial charge in [0, 0.05) is 10.0 Å². The Balaban J connectivity index is 2.87. The van der Waals surface area contributed by atoms with E-state index in [0.717, 1.165) is 22.9 Å². The first-order valence-corrected chi connectivity index (χ1v) is 5.47. The van der Waals surface area contributed by atoms with Crippen LogP contribution in [0.4, 0.5) is 4.39 Å². The van der Waals surface area contributed by atoms with Gasteiger partial charge in [-0.05, 0) is 37.5 Å². The van der Waals surface area contributed by atoms with E-state index >= 15 is 0 Å². The quantitative estimate of drug-likeness (QED) is 0.886. The molecule has 0 saturated heterocycles. The molecule has 0 aliphatic heterocycles. The van der Waals surface area contributed by atoms with Crippen LogP contribution in [0.5, 0.6) is 0 Å². The molecule has 0 saturated carbocycles. The van der Waals surface area contributed by atoms with Crippen molar-refractivity contribution in [2.24, 2.45) is 5.73 Å². The van der Waals surface area contributed by atoms with Crippen molar-refractivity contribution in [2.75, 3.05) is 0 Å². The minimum Gasteiger partial charge on any atom is -0.325 e. The third kappa shape index (κ3) is 3.07. The molecule has 78 valence electrons. The van der Waals surface area contributed by atoms with Crippen LogP contribution < -0.4 is 5.73 Å². The van der Waals surface area contributed by atoms with Crippen molar-refractivity contribution in [1.82, 2.24) is 0 Å². The maximum atomic E-state index is 12.8. The Bertz CT molecular complexity index is 323. The Morgan fingerprint density at radius 1 is 1.50 bits per heavy atom. The molecule has 1 unspecified atom stereocenters. The van der Waals surface area contributed by atoms with Crippen molar-refractivity contribution in [3.05, 3.63) is 34.1 Å². The normalized spacial score (nSPS) is 15.2. The molecule has 1 nitrogen and oxygen atoms in total. The van der Waals surface area contributed by atoms with Crippen LogP contribution >= 0.6 is 15.9 Å². The summed E-state index contributed by atoms with van der Waals surface area (Å²) in [5, 5.41) is 0. The Morgan fingerprint density at radius 3 is 2.64 bits per heavy atom. The summed E-state index contributed by atoms with van der Waals surface area (Å²) in [4.78, 5) is 0. The van der Waals surface area contributed by atoms with Crippen LogP contribution in [-0.2, 0) is 6.42 Å². The highest BCUT2D eigenvalue weighted by atomic mass is 79.9. The van der Waals surface area contributed by atoms with Gasteiger partial charge in [0.05, 0.1) is 0 Å². The lowest BCUT2D eigenvalue weighted by Gasteiger charge is -2.23. The summed E-state index contributed by atoms with van der Waals surface area (Å²) in [7, 11) is 0. The predicted octanol–water partition coefficient (Wildman–Crippen LogP) is 3.26. The van der Waals surface area contributed by atoms with E-state index in [1.807, 2.05) is 6.92 Å².